The Kier molecular flexibility index (Phi) is 4.54. The van der Waals surface area contributed by atoms with Gasteiger partial charge in [-0.2, -0.15) is 0 Å². The number of β-amino-alcohol motifs (C(OH)–C–C–N with tert-alkyl or cyclic N) is 1. The van der Waals surface area contributed by atoms with E-state index in [0.29, 0.717) is 12.5 Å². The molecule has 1 heterocycles. The monoisotopic (exact) mass is 235 g/mol. The average molecular weight is 235 g/mol. The van der Waals surface area contributed by atoms with Crippen LogP contribution < -0.4 is 0 Å². The number of benzene rings is 1. The lowest BCUT2D eigenvalue weighted by Gasteiger charge is -2.20. The molecule has 3 nitrogen and oxygen atoms in total. The lowest BCUT2D eigenvalue weighted by Crippen LogP contribution is -2.26. The van der Waals surface area contributed by atoms with Gasteiger partial charge in [0.1, 0.15) is 0 Å². The Morgan fingerprint density at radius 3 is 2.76 bits per heavy atom. The van der Waals surface area contributed by atoms with Gasteiger partial charge in [-0.25, -0.2) is 0 Å². The van der Waals surface area contributed by atoms with Crippen LogP contribution in [0.3, 0.4) is 0 Å². The van der Waals surface area contributed by atoms with Crippen LogP contribution in [0.2, 0.25) is 0 Å². The van der Waals surface area contributed by atoms with E-state index in [9.17, 15) is 5.11 Å². The lowest BCUT2D eigenvalue weighted by molar-refractivity contribution is 0.123. The van der Waals surface area contributed by atoms with Gasteiger partial charge in [0, 0.05) is 19.7 Å². The van der Waals surface area contributed by atoms with Crippen molar-refractivity contribution >= 4 is 0 Å². The van der Waals surface area contributed by atoms with Gasteiger partial charge in [0.25, 0.3) is 0 Å². The summed E-state index contributed by atoms with van der Waals surface area (Å²) < 4.78 is 0. The standard InChI is InChI=1S/C14H21NO2/c16-9-7-12-6-8-15(10-12)11-14(17)13-4-2-1-3-5-13/h1-5,12,14,16-17H,6-11H2. The third-order valence-corrected chi connectivity index (χ3v) is 3.52. The molecular formula is C14H21NO2. The first-order valence-electron chi connectivity index (χ1n) is 6.36. The molecular weight excluding hydrogens is 214 g/mol. The first-order valence-corrected chi connectivity index (χ1v) is 6.36. The number of nitrogens with zero attached hydrogens (tertiary/aromatic N) is 1. The molecule has 0 radical (unpaired) electrons. The second-order valence-electron chi connectivity index (χ2n) is 4.85. The molecule has 1 saturated heterocycles. The highest BCUT2D eigenvalue weighted by Gasteiger charge is 2.23. The van der Waals surface area contributed by atoms with Crippen molar-refractivity contribution in [1.29, 1.82) is 0 Å². The Bertz CT molecular complexity index is 328. The van der Waals surface area contributed by atoms with Crippen molar-refractivity contribution in [2.45, 2.75) is 18.9 Å². The molecule has 0 saturated carbocycles. The van der Waals surface area contributed by atoms with Crippen LogP contribution in [0.25, 0.3) is 0 Å². The first kappa shape index (κ1) is 12.6. The molecule has 94 valence electrons. The van der Waals surface area contributed by atoms with Gasteiger partial charge < -0.3 is 15.1 Å². The molecule has 0 aliphatic carbocycles. The molecule has 3 heteroatoms. The zero-order chi connectivity index (χ0) is 12.1. The van der Waals surface area contributed by atoms with E-state index in [2.05, 4.69) is 4.90 Å². The van der Waals surface area contributed by atoms with Crippen LogP contribution in [0.15, 0.2) is 30.3 Å². The summed E-state index contributed by atoms with van der Waals surface area (Å²) >= 11 is 0. The van der Waals surface area contributed by atoms with Crippen LogP contribution in [0.5, 0.6) is 0 Å². The van der Waals surface area contributed by atoms with Gasteiger partial charge in [0.05, 0.1) is 6.10 Å². The molecule has 1 aliphatic rings. The van der Waals surface area contributed by atoms with Crippen molar-refractivity contribution in [2.75, 3.05) is 26.2 Å². The topological polar surface area (TPSA) is 43.7 Å². The van der Waals surface area contributed by atoms with Gasteiger partial charge in [-0.05, 0) is 30.9 Å². The molecule has 1 aliphatic heterocycles. The highest BCUT2D eigenvalue weighted by atomic mass is 16.3. The molecule has 1 fully saturated rings. The average Bonchev–Trinajstić information content (AvgIpc) is 2.78. The fraction of sp³-hybridized carbons (Fsp3) is 0.571. The zero-order valence-corrected chi connectivity index (χ0v) is 10.1. The van der Waals surface area contributed by atoms with Gasteiger partial charge in [0.15, 0.2) is 0 Å². The molecule has 1 aromatic carbocycles. The van der Waals surface area contributed by atoms with E-state index in [1.54, 1.807) is 0 Å². The maximum atomic E-state index is 10.1. The van der Waals surface area contributed by atoms with E-state index in [1.807, 2.05) is 30.3 Å². The minimum absolute atomic E-state index is 0.278. The maximum Gasteiger partial charge on any atom is 0.0916 e. The van der Waals surface area contributed by atoms with Crippen molar-refractivity contribution < 1.29 is 10.2 Å². The van der Waals surface area contributed by atoms with Crippen molar-refractivity contribution in [3.63, 3.8) is 0 Å². The van der Waals surface area contributed by atoms with Crippen LogP contribution in [0.4, 0.5) is 0 Å². The van der Waals surface area contributed by atoms with E-state index >= 15 is 0 Å². The summed E-state index contributed by atoms with van der Waals surface area (Å²) in [4.78, 5) is 2.29. The van der Waals surface area contributed by atoms with E-state index < -0.39 is 6.10 Å². The molecule has 0 amide bonds. The van der Waals surface area contributed by atoms with Crippen LogP contribution in [-0.4, -0.2) is 41.4 Å². The fourth-order valence-electron chi connectivity index (χ4n) is 2.52. The second-order valence-corrected chi connectivity index (χ2v) is 4.85. The van der Waals surface area contributed by atoms with Crippen molar-refractivity contribution in [2.24, 2.45) is 5.92 Å². The lowest BCUT2D eigenvalue weighted by atomic mass is 10.1. The van der Waals surface area contributed by atoms with Crippen molar-refractivity contribution in [1.82, 2.24) is 4.90 Å². The second kappa shape index (κ2) is 6.15. The number of rotatable bonds is 5. The molecule has 0 spiro atoms. The van der Waals surface area contributed by atoms with E-state index in [4.69, 9.17) is 5.11 Å². The quantitative estimate of drug-likeness (QED) is 0.811. The predicted octanol–water partition coefficient (Wildman–Crippen LogP) is 1.42. The van der Waals surface area contributed by atoms with Crippen LogP contribution in [-0.2, 0) is 0 Å². The van der Waals surface area contributed by atoms with Gasteiger partial charge >= 0.3 is 0 Å². The molecule has 0 aromatic heterocycles. The van der Waals surface area contributed by atoms with E-state index in [-0.39, 0.29) is 6.61 Å². The summed E-state index contributed by atoms with van der Waals surface area (Å²) in [5.74, 6) is 0.600. The Morgan fingerprint density at radius 2 is 2.06 bits per heavy atom. The Labute approximate surface area is 103 Å². The summed E-state index contributed by atoms with van der Waals surface area (Å²) in [6.45, 7) is 3.02. The summed E-state index contributed by atoms with van der Waals surface area (Å²) in [5, 5.41) is 19.0. The SMILES string of the molecule is OCCC1CCN(CC(O)c2ccccc2)C1. The van der Waals surface area contributed by atoms with Crippen molar-refractivity contribution in [3.05, 3.63) is 35.9 Å². The number of likely N-dealkylation sites (tertiary alicyclic amines) is 1. The van der Waals surface area contributed by atoms with E-state index in [1.165, 1.54) is 0 Å². The van der Waals surface area contributed by atoms with Gasteiger partial charge in [-0.1, -0.05) is 30.3 Å². The largest absolute Gasteiger partial charge is 0.396 e. The number of hydrogen-bond acceptors (Lipinski definition) is 3. The molecule has 0 bridgehead atoms. The fourth-order valence-corrected chi connectivity index (χ4v) is 2.52. The van der Waals surface area contributed by atoms with Gasteiger partial charge in [0.2, 0.25) is 0 Å². The number of aliphatic hydroxyl groups is 2. The van der Waals surface area contributed by atoms with Crippen molar-refractivity contribution in [3.8, 4) is 0 Å². The normalized spacial score (nSPS) is 22.8. The third kappa shape index (κ3) is 3.53. The van der Waals surface area contributed by atoms with Crippen LogP contribution in [0.1, 0.15) is 24.5 Å². The summed E-state index contributed by atoms with van der Waals surface area (Å²) in [7, 11) is 0. The maximum absolute atomic E-state index is 10.1. The summed E-state index contributed by atoms with van der Waals surface area (Å²) in [6.07, 6.45) is 1.63. The van der Waals surface area contributed by atoms with Crippen LogP contribution >= 0.6 is 0 Å². The molecule has 2 rings (SSSR count). The number of aliphatic hydroxyl groups excluding tert-OH is 2. The van der Waals surface area contributed by atoms with E-state index in [0.717, 1.165) is 31.5 Å². The smallest absolute Gasteiger partial charge is 0.0916 e. The third-order valence-electron chi connectivity index (χ3n) is 3.52. The highest BCUT2D eigenvalue weighted by molar-refractivity contribution is 5.17. The Morgan fingerprint density at radius 1 is 1.29 bits per heavy atom. The summed E-state index contributed by atoms with van der Waals surface area (Å²) in [5.41, 5.74) is 0.984. The van der Waals surface area contributed by atoms with Crippen LogP contribution in [0, 0.1) is 5.92 Å². The molecule has 1 aromatic rings. The summed E-state index contributed by atoms with van der Waals surface area (Å²) in [6, 6.07) is 9.80. The highest BCUT2D eigenvalue weighted by Crippen LogP contribution is 2.22. The molecule has 2 atom stereocenters. The van der Waals surface area contributed by atoms with Gasteiger partial charge in [-0.3, -0.25) is 0 Å². The molecule has 17 heavy (non-hydrogen) atoms. The predicted molar refractivity (Wildman–Crippen MR) is 67.7 cm³/mol. The Balaban J connectivity index is 1.82. The molecule has 2 N–H and O–H groups in total. The first-order chi connectivity index (χ1) is 8.29. The molecule has 2 unspecified atom stereocenters. The Hall–Kier alpha value is -0.900. The number of hydrogen-bond donors (Lipinski definition) is 2. The zero-order valence-electron chi connectivity index (χ0n) is 10.1. The minimum Gasteiger partial charge on any atom is -0.396 e. The minimum atomic E-state index is -0.399. The van der Waals surface area contributed by atoms with Gasteiger partial charge in [-0.15, -0.1) is 0 Å².